The minimum Gasteiger partial charge on any atom is -0.394 e. The molecule has 0 amide bonds. The molecule has 10 heavy (non-hydrogen) atoms. The number of rotatable bonds is 3. The fourth-order valence-electron chi connectivity index (χ4n) is 0.684. The van der Waals surface area contributed by atoms with Crippen LogP contribution in [-0.2, 0) is 0 Å². The molecule has 1 atom stereocenters. The van der Waals surface area contributed by atoms with Crippen LogP contribution in [0.2, 0.25) is 0 Å². The number of hydroxylamine groups is 1. The van der Waals surface area contributed by atoms with Gasteiger partial charge >= 0.3 is 0 Å². The maximum Gasteiger partial charge on any atom is 0.0892 e. The molecule has 0 saturated carbocycles. The third-order valence-electron chi connectivity index (χ3n) is 1.23. The molecular formula is C6H9NO2S. The number of aliphatic hydroxyl groups excluding tert-OH is 1. The van der Waals surface area contributed by atoms with E-state index in [0.29, 0.717) is 0 Å². The first-order chi connectivity index (χ1) is 4.88. The van der Waals surface area contributed by atoms with E-state index in [9.17, 15) is 0 Å². The third kappa shape index (κ3) is 1.54. The van der Waals surface area contributed by atoms with Gasteiger partial charge < -0.3 is 10.3 Å². The summed E-state index contributed by atoms with van der Waals surface area (Å²) in [6.45, 7) is -0.0863. The summed E-state index contributed by atoms with van der Waals surface area (Å²) in [4.78, 5) is 0.935. The Kier molecular flexibility index (Phi) is 2.82. The van der Waals surface area contributed by atoms with Gasteiger partial charge in [-0.15, -0.1) is 11.3 Å². The van der Waals surface area contributed by atoms with Crippen LogP contribution in [0.15, 0.2) is 17.5 Å². The Morgan fingerprint density at radius 1 is 1.70 bits per heavy atom. The van der Waals surface area contributed by atoms with Crippen LogP contribution in [0.1, 0.15) is 10.9 Å². The Labute approximate surface area is 62.9 Å². The first-order valence-electron chi connectivity index (χ1n) is 2.92. The van der Waals surface area contributed by atoms with Crippen LogP contribution in [0.4, 0.5) is 0 Å². The van der Waals surface area contributed by atoms with Crippen molar-refractivity contribution in [1.29, 1.82) is 0 Å². The lowest BCUT2D eigenvalue weighted by atomic mass is 10.3. The molecule has 0 unspecified atom stereocenters. The minimum absolute atomic E-state index is 0.0863. The number of aliphatic hydroxyl groups is 1. The molecule has 0 aliphatic heterocycles. The van der Waals surface area contributed by atoms with Gasteiger partial charge in [-0.1, -0.05) is 6.07 Å². The highest BCUT2D eigenvalue weighted by Crippen LogP contribution is 2.17. The van der Waals surface area contributed by atoms with E-state index < -0.39 is 0 Å². The summed E-state index contributed by atoms with van der Waals surface area (Å²) in [5.41, 5.74) is 2.01. The molecule has 3 nitrogen and oxygen atoms in total. The quantitative estimate of drug-likeness (QED) is 0.571. The van der Waals surface area contributed by atoms with Crippen molar-refractivity contribution in [2.45, 2.75) is 6.04 Å². The van der Waals surface area contributed by atoms with Crippen molar-refractivity contribution in [3.05, 3.63) is 22.4 Å². The van der Waals surface area contributed by atoms with Gasteiger partial charge in [-0.05, 0) is 11.4 Å². The smallest absolute Gasteiger partial charge is 0.0892 e. The van der Waals surface area contributed by atoms with Crippen LogP contribution in [0, 0.1) is 0 Å². The van der Waals surface area contributed by atoms with Gasteiger partial charge in [0.15, 0.2) is 0 Å². The Bertz CT molecular complexity index is 172. The summed E-state index contributed by atoms with van der Waals surface area (Å²) in [6, 6.07) is 3.40. The summed E-state index contributed by atoms with van der Waals surface area (Å²) < 4.78 is 0. The third-order valence-corrected chi connectivity index (χ3v) is 2.21. The standard InChI is InChI=1S/C6H9NO2S/c8-4-5(7-9)6-2-1-3-10-6/h1-3,5,7-9H,4H2/t5-/m0/s1. The molecule has 0 aromatic carbocycles. The van der Waals surface area contributed by atoms with E-state index >= 15 is 0 Å². The molecule has 0 saturated heterocycles. The van der Waals surface area contributed by atoms with Gasteiger partial charge in [-0.2, -0.15) is 5.48 Å². The molecule has 0 aliphatic rings. The summed E-state index contributed by atoms with van der Waals surface area (Å²) in [6.07, 6.45) is 0. The molecule has 1 aromatic heterocycles. The molecule has 56 valence electrons. The van der Waals surface area contributed by atoms with Crippen LogP contribution in [-0.4, -0.2) is 16.9 Å². The van der Waals surface area contributed by atoms with Crippen molar-refractivity contribution in [2.24, 2.45) is 0 Å². The first kappa shape index (κ1) is 7.68. The largest absolute Gasteiger partial charge is 0.394 e. The Morgan fingerprint density at radius 2 is 2.50 bits per heavy atom. The van der Waals surface area contributed by atoms with Gasteiger partial charge in [-0.3, -0.25) is 0 Å². The lowest BCUT2D eigenvalue weighted by Gasteiger charge is -2.07. The van der Waals surface area contributed by atoms with Gasteiger partial charge in [0.1, 0.15) is 0 Å². The van der Waals surface area contributed by atoms with Gasteiger partial charge in [-0.25, -0.2) is 0 Å². The fourth-order valence-corrected chi connectivity index (χ4v) is 1.45. The predicted octanol–water partition coefficient (Wildman–Crippen LogP) is 0.760. The zero-order valence-corrected chi connectivity index (χ0v) is 6.14. The average molecular weight is 159 g/mol. The van der Waals surface area contributed by atoms with Gasteiger partial charge in [0, 0.05) is 4.88 Å². The molecule has 0 aliphatic carbocycles. The maximum atomic E-state index is 8.68. The van der Waals surface area contributed by atoms with E-state index in [1.165, 1.54) is 11.3 Å². The molecule has 3 N–H and O–H groups in total. The molecule has 1 aromatic rings. The minimum atomic E-state index is -0.333. The highest BCUT2D eigenvalue weighted by atomic mass is 32.1. The van der Waals surface area contributed by atoms with E-state index in [-0.39, 0.29) is 12.6 Å². The van der Waals surface area contributed by atoms with E-state index in [2.05, 4.69) is 0 Å². The first-order valence-corrected chi connectivity index (χ1v) is 3.80. The summed E-state index contributed by atoms with van der Waals surface area (Å²) >= 11 is 1.50. The summed E-state index contributed by atoms with van der Waals surface area (Å²) in [5, 5.41) is 19.1. The summed E-state index contributed by atoms with van der Waals surface area (Å²) in [7, 11) is 0. The SMILES string of the molecule is OC[C@H](NO)c1cccs1. The van der Waals surface area contributed by atoms with E-state index in [0.717, 1.165) is 4.88 Å². The Balaban J connectivity index is 2.64. The molecule has 1 rings (SSSR count). The number of hydrogen-bond donors (Lipinski definition) is 3. The normalized spacial score (nSPS) is 13.4. The van der Waals surface area contributed by atoms with Crippen molar-refractivity contribution in [2.75, 3.05) is 6.61 Å². The second kappa shape index (κ2) is 3.68. The topological polar surface area (TPSA) is 52.5 Å². The molecule has 0 fully saturated rings. The van der Waals surface area contributed by atoms with Gasteiger partial charge in [0.25, 0.3) is 0 Å². The lowest BCUT2D eigenvalue weighted by molar-refractivity contribution is 0.0921. The molecule has 0 spiro atoms. The zero-order chi connectivity index (χ0) is 7.40. The van der Waals surface area contributed by atoms with Crippen molar-refractivity contribution >= 4 is 11.3 Å². The van der Waals surface area contributed by atoms with Crippen molar-refractivity contribution in [3.63, 3.8) is 0 Å². The highest BCUT2D eigenvalue weighted by Gasteiger charge is 2.07. The molecule has 0 radical (unpaired) electrons. The Morgan fingerprint density at radius 3 is 2.90 bits per heavy atom. The molecule has 0 bridgehead atoms. The van der Waals surface area contributed by atoms with Crippen molar-refractivity contribution in [1.82, 2.24) is 5.48 Å². The summed E-state index contributed by atoms with van der Waals surface area (Å²) in [5.74, 6) is 0. The number of thiophene rings is 1. The van der Waals surface area contributed by atoms with Crippen molar-refractivity contribution < 1.29 is 10.3 Å². The van der Waals surface area contributed by atoms with Crippen LogP contribution in [0.3, 0.4) is 0 Å². The van der Waals surface area contributed by atoms with E-state index in [1.807, 2.05) is 23.0 Å². The van der Waals surface area contributed by atoms with Crippen LogP contribution in [0.5, 0.6) is 0 Å². The number of nitrogens with one attached hydrogen (secondary N) is 1. The van der Waals surface area contributed by atoms with Crippen molar-refractivity contribution in [3.8, 4) is 0 Å². The Hall–Kier alpha value is -0.420. The fraction of sp³-hybridized carbons (Fsp3) is 0.333. The van der Waals surface area contributed by atoms with Gasteiger partial charge in [0.05, 0.1) is 12.6 Å². The second-order valence-electron chi connectivity index (χ2n) is 1.88. The van der Waals surface area contributed by atoms with Crippen LogP contribution >= 0.6 is 11.3 Å². The van der Waals surface area contributed by atoms with Crippen LogP contribution in [0.25, 0.3) is 0 Å². The predicted molar refractivity (Wildman–Crippen MR) is 39.1 cm³/mol. The second-order valence-corrected chi connectivity index (χ2v) is 2.86. The van der Waals surface area contributed by atoms with E-state index in [4.69, 9.17) is 10.3 Å². The lowest BCUT2D eigenvalue weighted by Crippen LogP contribution is -2.19. The molecule has 4 heteroatoms. The van der Waals surface area contributed by atoms with Gasteiger partial charge in [0.2, 0.25) is 0 Å². The maximum absolute atomic E-state index is 8.68. The zero-order valence-electron chi connectivity index (χ0n) is 5.32. The monoisotopic (exact) mass is 159 g/mol. The van der Waals surface area contributed by atoms with E-state index in [1.54, 1.807) is 0 Å². The molecular weight excluding hydrogens is 150 g/mol. The van der Waals surface area contributed by atoms with Crippen LogP contribution < -0.4 is 5.48 Å². The average Bonchev–Trinajstić information content (AvgIpc) is 2.43. The highest BCUT2D eigenvalue weighted by molar-refractivity contribution is 7.10. The number of hydrogen-bond acceptors (Lipinski definition) is 4. The molecule has 1 heterocycles.